The van der Waals surface area contributed by atoms with Gasteiger partial charge in [0.15, 0.2) is 0 Å². The van der Waals surface area contributed by atoms with E-state index in [9.17, 15) is 4.79 Å². The second-order valence-electron chi connectivity index (χ2n) is 5.17. The maximum atomic E-state index is 11.7. The van der Waals surface area contributed by atoms with Gasteiger partial charge in [-0.15, -0.1) is 11.6 Å². The first kappa shape index (κ1) is 13.4. The molecule has 1 heterocycles. The first-order chi connectivity index (χ1) is 9.79. The molecule has 1 saturated carbocycles. The molecule has 1 aliphatic rings. The van der Waals surface area contributed by atoms with Crippen LogP contribution in [0.1, 0.15) is 18.7 Å². The van der Waals surface area contributed by atoms with Gasteiger partial charge in [0.2, 0.25) is 5.91 Å². The minimum absolute atomic E-state index is 0.188. The Balaban J connectivity index is 1.74. The van der Waals surface area contributed by atoms with Gasteiger partial charge in [-0.3, -0.25) is 4.79 Å². The number of fused-ring (bicyclic) bond motifs is 1. The van der Waals surface area contributed by atoms with Crippen molar-refractivity contribution in [2.75, 3.05) is 12.4 Å². The zero-order chi connectivity index (χ0) is 13.9. The molecule has 1 amide bonds. The lowest BCUT2D eigenvalue weighted by molar-refractivity contribution is -0.122. The molecule has 0 atom stereocenters. The minimum atomic E-state index is 0.188. The molecule has 1 N–H and O–H groups in total. The summed E-state index contributed by atoms with van der Waals surface area (Å²) in [4.78, 5) is 16.3. The van der Waals surface area contributed by atoms with Gasteiger partial charge in [0.25, 0.3) is 0 Å². The Morgan fingerprint density at radius 3 is 2.95 bits per heavy atom. The Morgan fingerprint density at radius 2 is 2.20 bits per heavy atom. The first-order valence-electron chi connectivity index (χ1n) is 7.07. The van der Waals surface area contributed by atoms with Crippen molar-refractivity contribution in [2.45, 2.75) is 25.8 Å². The monoisotopic (exact) mass is 291 g/mol. The van der Waals surface area contributed by atoms with Crippen LogP contribution in [-0.4, -0.2) is 27.9 Å². The molecule has 0 saturated heterocycles. The van der Waals surface area contributed by atoms with E-state index in [0.717, 1.165) is 42.7 Å². The van der Waals surface area contributed by atoms with E-state index in [1.54, 1.807) is 0 Å². The predicted octanol–water partition coefficient (Wildman–Crippen LogP) is 2.34. The number of halogens is 1. The summed E-state index contributed by atoms with van der Waals surface area (Å²) in [5, 5.41) is 3.00. The van der Waals surface area contributed by atoms with E-state index in [-0.39, 0.29) is 11.8 Å². The average molecular weight is 292 g/mol. The lowest BCUT2D eigenvalue weighted by atomic mass is 10.3. The van der Waals surface area contributed by atoms with Crippen molar-refractivity contribution in [1.29, 1.82) is 0 Å². The number of carbonyl (C=O) groups excluding carboxylic acids is 1. The van der Waals surface area contributed by atoms with Crippen molar-refractivity contribution >= 4 is 28.5 Å². The van der Waals surface area contributed by atoms with Crippen LogP contribution >= 0.6 is 11.6 Å². The highest BCUT2D eigenvalue weighted by molar-refractivity contribution is 6.17. The Kier molecular flexibility index (Phi) is 3.92. The van der Waals surface area contributed by atoms with Gasteiger partial charge in [-0.1, -0.05) is 12.1 Å². The van der Waals surface area contributed by atoms with E-state index >= 15 is 0 Å². The molecular formula is C15H18ClN3O. The molecule has 20 heavy (non-hydrogen) atoms. The molecule has 1 fully saturated rings. The molecular weight excluding hydrogens is 274 g/mol. The summed E-state index contributed by atoms with van der Waals surface area (Å²) in [7, 11) is 0. The summed E-state index contributed by atoms with van der Waals surface area (Å²) in [6, 6.07) is 8.06. The van der Waals surface area contributed by atoms with E-state index in [0.29, 0.717) is 12.4 Å². The predicted molar refractivity (Wildman–Crippen MR) is 79.9 cm³/mol. The van der Waals surface area contributed by atoms with Gasteiger partial charge in [-0.05, 0) is 25.0 Å². The fraction of sp³-hybridized carbons (Fsp3) is 0.467. The number of rotatable bonds is 6. The second-order valence-corrected chi connectivity index (χ2v) is 5.55. The molecule has 0 aliphatic heterocycles. The third-order valence-electron chi connectivity index (χ3n) is 3.63. The number of nitrogens with zero attached hydrogens (tertiary/aromatic N) is 2. The molecule has 2 aromatic rings. The summed E-state index contributed by atoms with van der Waals surface area (Å²) >= 11 is 5.85. The number of para-hydroxylation sites is 2. The van der Waals surface area contributed by atoms with Crippen LogP contribution in [-0.2, 0) is 17.8 Å². The zero-order valence-electron chi connectivity index (χ0n) is 11.3. The number of hydrogen-bond acceptors (Lipinski definition) is 2. The van der Waals surface area contributed by atoms with Crippen molar-refractivity contribution in [1.82, 2.24) is 14.9 Å². The fourth-order valence-electron chi connectivity index (χ4n) is 2.43. The number of aryl methyl sites for hydroxylation is 1. The quantitative estimate of drug-likeness (QED) is 0.831. The lowest BCUT2D eigenvalue weighted by Crippen LogP contribution is -2.28. The SMILES string of the molecule is O=C(NCCn1c(CCCl)nc2ccccc21)C1CC1. The van der Waals surface area contributed by atoms with E-state index in [4.69, 9.17) is 11.6 Å². The third-order valence-corrected chi connectivity index (χ3v) is 3.82. The molecule has 1 aromatic heterocycles. The van der Waals surface area contributed by atoms with Gasteiger partial charge in [0.05, 0.1) is 11.0 Å². The number of amides is 1. The van der Waals surface area contributed by atoms with Gasteiger partial charge < -0.3 is 9.88 Å². The number of benzene rings is 1. The van der Waals surface area contributed by atoms with Crippen molar-refractivity contribution in [3.05, 3.63) is 30.1 Å². The van der Waals surface area contributed by atoms with E-state index in [1.807, 2.05) is 18.2 Å². The Bertz CT molecular complexity index is 619. The van der Waals surface area contributed by atoms with Crippen LogP contribution in [0, 0.1) is 5.92 Å². The zero-order valence-corrected chi connectivity index (χ0v) is 12.1. The molecule has 0 unspecified atom stereocenters. The number of imidazole rings is 1. The van der Waals surface area contributed by atoms with Gasteiger partial charge >= 0.3 is 0 Å². The summed E-state index contributed by atoms with van der Waals surface area (Å²) in [6.07, 6.45) is 2.82. The largest absolute Gasteiger partial charge is 0.354 e. The van der Waals surface area contributed by atoms with Crippen LogP contribution in [0.15, 0.2) is 24.3 Å². The molecule has 1 aliphatic carbocycles. The summed E-state index contributed by atoms with van der Waals surface area (Å²) < 4.78 is 2.16. The summed E-state index contributed by atoms with van der Waals surface area (Å²) in [5.74, 6) is 1.99. The average Bonchev–Trinajstić information content (AvgIpc) is 3.24. The molecule has 0 radical (unpaired) electrons. The van der Waals surface area contributed by atoms with Crippen LogP contribution < -0.4 is 5.32 Å². The van der Waals surface area contributed by atoms with Crippen LogP contribution in [0.5, 0.6) is 0 Å². The van der Waals surface area contributed by atoms with E-state index in [2.05, 4.69) is 20.9 Å². The topological polar surface area (TPSA) is 46.9 Å². The van der Waals surface area contributed by atoms with Gasteiger partial charge in [0.1, 0.15) is 5.82 Å². The molecule has 1 aromatic carbocycles. The summed E-state index contributed by atoms with van der Waals surface area (Å²) in [6.45, 7) is 1.39. The van der Waals surface area contributed by atoms with E-state index in [1.165, 1.54) is 0 Å². The molecule has 3 rings (SSSR count). The third kappa shape index (κ3) is 2.80. The van der Waals surface area contributed by atoms with Gasteiger partial charge in [0, 0.05) is 31.3 Å². The Hall–Kier alpha value is -1.55. The molecule has 0 spiro atoms. The van der Waals surface area contributed by atoms with Crippen molar-refractivity contribution in [2.24, 2.45) is 5.92 Å². The Morgan fingerprint density at radius 1 is 1.40 bits per heavy atom. The van der Waals surface area contributed by atoms with E-state index < -0.39 is 0 Å². The van der Waals surface area contributed by atoms with Crippen LogP contribution in [0.2, 0.25) is 0 Å². The normalized spacial score (nSPS) is 14.7. The van der Waals surface area contributed by atoms with Crippen molar-refractivity contribution < 1.29 is 4.79 Å². The number of aromatic nitrogens is 2. The minimum Gasteiger partial charge on any atom is -0.354 e. The molecule has 4 nitrogen and oxygen atoms in total. The highest BCUT2D eigenvalue weighted by Gasteiger charge is 2.29. The highest BCUT2D eigenvalue weighted by Crippen LogP contribution is 2.28. The molecule has 106 valence electrons. The summed E-state index contributed by atoms with van der Waals surface area (Å²) in [5.41, 5.74) is 2.09. The van der Waals surface area contributed by atoms with Gasteiger partial charge in [-0.2, -0.15) is 0 Å². The van der Waals surface area contributed by atoms with Crippen LogP contribution in [0.3, 0.4) is 0 Å². The van der Waals surface area contributed by atoms with Crippen molar-refractivity contribution in [3.63, 3.8) is 0 Å². The number of nitrogens with one attached hydrogen (secondary N) is 1. The Labute approximate surface area is 123 Å². The first-order valence-corrected chi connectivity index (χ1v) is 7.61. The number of alkyl halides is 1. The molecule has 0 bridgehead atoms. The maximum absolute atomic E-state index is 11.7. The van der Waals surface area contributed by atoms with Gasteiger partial charge in [-0.25, -0.2) is 4.98 Å². The fourth-order valence-corrected chi connectivity index (χ4v) is 2.60. The van der Waals surface area contributed by atoms with Crippen LogP contribution in [0.25, 0.3) is 11.0 Å². The molecule has 5 heteroatoms. The van der Waals surface area contributed by atoms with Crippen molar-refractivity contribution in [3.8, 4) is 0 Å². The lowest BCUT2D eigenvalue weighted by Gasteiger charge is -2.09. The highest BCUT2D eigenvalue weighted by atomic mass is 35.5. The number of carbonyl (C=O) groups is 1. The maximum Gasteiger partial charge on any atom is 0.223 e. The van der Waals surface area contributed by atoms with Crippen LogP contribution in [0.4, 0.5) is 0 Å². The smallest absolute Gasteiger partial charge is 0.223 e. The second kappa shape index (κ2) is 5.83. The standard InChI is InChI=1S/C15H18ClN3O/c16-8-7-14-18-12-3-1-2-4-13(12)19(14)10-9-17-15(20)11-5-6-11/h1-4,11H,5-10H2,(H,17,20). The number of hydrogen-bond donors (Lipinski definition) is 1.